The van der Waals surface area contributed by atoms with E-state index in [1.54, 1.807) is 25.3 Å². The minimum Gasteiger partial charge on any atom is -0.481 e. The van der Waals surface area contributed by atoms with Gasteiger partial charge >= 0.3 is 5.97 Å². The van der Waals surface area contributed by atoms with E-state index in [0.717, 1.165) is 0 Å². The summed E-state index contributed by atoms with van der Waals surface area (Å²) in [5, 5.41) is 8.53. The van der Waals surface area contributed by atoms with Gasteiger partial charge in [0.1, 0.15) is 6.10 Å². The van der Waals surface area contributed by atoms with Gasteiger partial charge in [-0.05, 0) is 11.6 Å². The zero-order chi connectivity index (χ0) is 9.84. The molecule has 1 unspecified atom stereocenters. The summed E-state index contributed by atoms with van der Waals surface area (Å²) >= 11 is 5.01. The van der Waals surface area contributed by atoms with Crippen LogP contribution < -0.4 is 0 Å². The maximum Gasteiger partial charge on any atom is 0.307 e. The molecule has 0 aromatic heterocycles. The van der Waals surface area contributed by atoms with E-state index in [-0.39, 0.29) is 12.5 Å². The number of aliphatic carboxylic acids is 1. The lowest BCUT2D eigenvalue weighted by molar-refractivity contribution is -0.136. The van der Waals surface area contributed by atoms with Crippen LogP contribution in [0, 0.1) is 0 Å². The largest absolute Gasteiger partial charge is 0.481 e. The molecule has 0 radical (unpaired) electrons. The molecule has 0 aliphatic heterocycles. The van der Waals surface area contributed by atoms with Gasteiger partial charge in [-0.25, -0.2) is 0 Å². The molecule has 0 heterocycles. The molecule has 4 heteroatoms. The highest BCUT2D eigenvalue weighted by atomic mass is 32.1. The molecule has 1 N–H and O–H groups in total. The molecule has 1 rings (SSSR count). The van der Waals surface area contributed by atoms with E-state index in [2.05, 4.69) is 0 Å². The highest BCUT2D eigenvalue weighted by molar-refractivity contribution is 7.80. The first kappa shape index (κ1) is 10.1. The third-order valence-electron chi connectivity index (χ3n) is 1.70. The van der Waals surface area contributed by atoms with Crippen LogP contribution in [0.15, 0.2) is 23.8 Å². The molecule has 3 nitrogen and oxygen atoms in total. The van der Waals surface area contributed by atoms with Crippen molar-refractivity contribution >= 4 is 23.1 Å². The standard InChI is InChI=1S/C9H10O3S/c1-12-7-3-2-6(4-8(7)13)5-9(10)11/h2-4,7H,5H2,1H3,(H,10,11). The summed E-state index contributed by atoms with van der Waals surface area (Å²) in [6.45, 7) is 0. The van der Waals surface area contributed by atoms with Crippen molar-refractivity contribution in [3.63, 3.8) is 0 Å². The molecule has 0 bridgehead atoms. The predicted octanol–water partition coefficient (Wildman–Crippen LogP) is 1.34. The van der Waals surface area contributed by atoms with Gasteiger partial charge in [0, 0.05) is 12.0 Å². The van der Waals surface area contributed by atoms with Crippen molar-refractivity contribution in [3.8, 4) is 0 Å². The van der Waals surface area contributed by atoms with Gasteiger partial charge in [0.25, 0.3) is 0 Å². The first-order chi connectivity index (χ1) is 6.13. The third kappa shape index (κ3) is 2.75. The van der Waals surface area contributed by atoms with Gasteiger partial charge in [-0.1, -0.05) is 24.4 Å². The molecule has 13 heavy (non-hydrogen) atoms. The molecule has 0 fully saturated rings. The summed E-state index contributed by atoms with van der Waals surface area (Å²) in [5.74, 6) is -0.852. The summed E-state index contributed by atoms with van der Waals surface area (Å²) in [5.41, 5.74) is 0.714. The Labute approximate surface area is 81.7 Å². The van der Waals surface area contributed by atoms with Crippen LogP contribution in [0.4, 0.5) is 0 Å². The quantitative estimate of drug-likeness (QED) is 0.695. The third-order valence-corrected chi connectivity index (χ3v) is 2.05. The van der Waals surface area contributed by atoms with Gasteiger partial charge in [-0.15, -0.1) is 0 Å². The Morgan fingerprint density at radius 2 is 2.46 bits per heavy atom. The van der Waals surface area contributed by atoms with E-state index in [1.807, 2.05) is 0 Å². The Bertz CT molecular complexity index is 291. The van der Waals surface area contributed by atoms with Crippen LogP contribution in [0.3, 0.4) is 0 Å². The second-order valence-electron chi connectivity index (χ2n) is 2.71. The van der Waals surface area contributed by atoms with E-state index in [0.29, 0.717) is 10.4 Å². The van der Waals surface area contributed by atoms with E-state index in [9.17, 15) is 4.79 Å². The molecule has 1 atom stereocenters. The van der Waals surface area contributed by atoms with Gasteiger partial charge in [-0.3, -0.25) is 4.79 Å². The number of hydrogen-bond donors (Lipinski definition) is 1. The lowest BCUT2D eigenvalue weighted by Crippen LogP contribution is -2.19. The smallest absolute Gasteiger partial charge is 0.307 e. The van der Waals surface area contributed by atoms with Crippen molar-refractivity contribution in [2.24, 2.45) is 0 Å². The van der Waals surface area contributed by atoms with Crippen LogP contribution in [0.1, 0.15) is 6.42 Å². The number of rotatable bonds is 3. The summed E-state index contributed by atoms with van der Waals surface area (Å²) < 4.78 is 5.04. The van der Waals surface area contributed by atoms with Crippen molar-refractivity contribution < 1.29 is 14.6 Å². The Balaban J connectivity index is 2.68. The van der Waals surface area contributed by atoms with Crippen molar-refractivity contribution in [3.05, 3.63) is 23.8 Å². The molecule has 0 aromatic rings. The number of allylic oxidation sites excluding steroid dienone is 1. The van der Waals surface area contributed by atoms with E-state index in [1.165, 1.54) is 0 Å². The number of ether oxygens (including phenoxy) is 1. The Morgan fingerprint density at radius 1 is 1.77 bits per heavy atom. The van der Waals surface area contributed by atoms with Crippen LogP contribution in [0.2, 0.25) is 0 Å². The summed E-state index contributed by atoms with van der Waals surface area (Å²) in [4.78, 5) is 11.0. The zero-order valence-corrected chi connectivity index (χ0v) is 8.00. The van der Waals surface area contributed by atoms with Gasteiger partial charge in [0.05, 0.1) is 6.42 Å². The number of carbonyl (C=O) groups is 1. The molecule has 1 aliphatic carbocycles. The van der Waals surface area contributed by atoms with Gasteiger partial charge in [0.2, 0.25) is 0 Å². The number of methoxy groups -OCH3 is 1. The molecule has 70 valence electrons. The summed E-state index contributed by atoms with van der Waals surface area (Å²) in [6, 6.07) is 0. The van der Waals surface area contributed by atoms with Crippen LogP contribution in [-0.2, 0) is 9.53 Å². The van der Waals surface area contributed by atoms with Crippen LogP contribution >= 0.6 is 12.2 Å². The first-order valence-electron chi connectivity index (χ1n) is 3.80. The number of hydrogen-bond acceptors (Lipinski definition) is 3. The normalized spacial score (nSPS) is 21.5. The molecule has 0 amide bonds. The fraction of sp³-hybridized carbons (Fsp3) is 0.333. The van der Waals surface area contributed by atoms with Crippen molar-refractivity contribution in [1.29, 1.82) is 0 Å². The minimum atomic E-state index is -0.852. The Morgan fingerprint density at radius 3 is 2.92 bits per heavy atom. The van der Waals surface area contributed by atoms with Crippen molar-refractivity contribution in [1.82, 2.24) is 0 Å². The number of carboxylic acids is 1. The summed E-state index contributed by atoms with van der Waals surface area (Å²) in [7, 11) is 1.57. The van der Waals surface area contributed by atoms with Crippen molar-refractivity contribution in [2.75, 3.05) is 7.11 Å². The van der Waals surface area contributed by atoms with Gasteiger partial charge < -0.3 is 9.84 Å². The Hall–Kier alpha value is -1.000. The monoisotopic (exact) mass is 198 g/mol. The predicted molar refractivity (Wildman–Crippen MR) is 52.9 cm³/mol. The van der Waals surface area contributed by atoms with E-state index >= 15 is 0 Å². The molecule has 0 saturated heterocycles. The average Bonchev–Trinajstić information content (AvgIpc) is 2.03. The fourth-order valence-electron chi connectivity index (χ4n) is 1.10. The van der Waals surface area contributed by atoms with Crippen LogP contribution in [-0.4, -0.2) is 29.2 Å². The lowest BCUT2D eigenvalue weighted by atomic mass is 10.0. The molecule has 1 aliphatic rings. The Kier molecular flexibility index (Phi) is 3.33. The van der Waals surface area contributed by atoms with Gasteiger partial charge in [0.15, 0.2) is 0 Å². The maximum absolute atomic E-state index is 10.4. The number of carboxylic acid groups (broad SMARTS) is 1. The minimum absolute atomic E-state index is 0.00702. The fourth-order valence-corrected chi connectivity index (χ4v) is 1.42. The van der Waals surface area contributed by atoms with Crippen molar-refractivity contribution in [2.45, 2.75) is 12.5 Å². The molecule has 0 spiro atoms. The summed E-state index contributed by atoms with van der Waals surface area (Å²) in [6.07, 6.45) is 5.00. The van der Waals surface area contributed by atoms with Crippen LogP contribution in [0.25, 0.3) is 0 Å². The molecular weight excluding hydrogens is 188 g/mol. The average molecular weight is 198 g/mol. The first-order valence-corrected chi connectivity index (χ1v) is 4.21. The number of thiocarbonyl (C=S) groups is 1. The highest BCUT2D eigenvalue weighted by Crippen LogP contribution is 2.14. The van der Waals surface area contributed by atoms with Crippen LogP contribution in [0.5, 0.6) is 0 Å². The maximum atomic E-state index is 10.4. The van der Waals surface area contributed by atoms with Gasteiger partial charge in [-0.2, -0.15) is 0 Å². The zero-order valence-electron chi connectivity index (χ0n) is 7.19. The molecular formula is C9H10O3S. The lowest BCUT2D eigenvalue weighted by Gasteiger charge is -2.14. The second-order valence-corrected chi connectivity index (χ2v) is 3.18. The van der Waals surface area contributed by atoms with E-state index in [4.69, 9.17) is 22.1 Å². The highest BCUT2D eigenvalue weighted by Gasteiger charge is 2.14. The molecule has 0 aromatic carbocycles. The second kappa shape index (κ2) is 4.30. The molecule has 0 saturated carbocycles. The van der Waals surface area contributed by atoms with E-state index < -0.39 is 5.97 Å². The SMILES string of the molecule is COC1C=CC(CC(=O)O)=CC1=S. The topological polar surface area (TPSA) is 46.5 Å².